The molecular formula is C21H23N3OS. The van der Waals surface area contributed by atoms with E-state index in [1.807, 2.05) is 16.8 Å². The molecule has 4 rings (SSSR count). The fourth-order valence-electron chi connectivity index (χ4n) is 3.47. The van der Waals surface area contributed by atoms with Crippen LogP contribution >= 0.6 is 11.8 Å². The van der Waals surface area contributed by atoms with Gasteiger partial charge in [-0.1, -0.05) is 18.2 Å². The van der Waals surface area contributed by atoms with Crippen molar-refractivity contribution in [1.82, 2.24) is 9.78 Å². The van der Waals surface area contributed by atoms with Crippen LogP contribution in [-0.4, -0.2) is 29.7 Å². The Hall–Kier alpha value is -2.40. The number of rotatable bonds is 4. The Morgan fingerprint density at radius 3 is 2.65 bits per heavy atom. The molecule has 0 spiro atoms. The SMILES string of the molecule is COc1ccc(-n2nc(-c3ccccc3SC)c3c2NCCCC3)cc1. The van der Waals surface area contributed by atoms with Crippen LogP contribution in [0.2, 0.25) is 0 Å². The minimum Gasteiger partial charge on any atom is -0.497 e. The number of thioether (sulfide) groups is 1. The van der Waals surface area contributed by atoms with Crippen LogP contribution in [-0.2, 0) is 6.42 Å². The normalized spacial score (nSPS) is 13.6. The number of methoxy groups -OCH3 is 1. The quantitative estimate of drug-likeness (QED) is 0.659. The summed E-state index contributed by atoms with van der Waals surface area (Å²) in [5.41, 5.74) is 4.67. The highest BCUT2D eigenvalue weighted by atomic mass is 32.2. The molecule has 4 nitrogen and oxygen atoms in total. The lowest BCUT2D eigenvalue weighted by Gasteiger charge is -2.09. The molecule has 0 saturated carbocycles. The number of nitrogens with one attached hydrogen (secondary N) is 1. The smallest absolute Gasteiger partial charge is 0.133 e. The van der Waals surface area contributed by atoms with E-state index in [0.29, 0.717) is 0 Å². The summed E-state index contributed by atoms with van der Waals surface area (Å²) in [5, 5.41) is 8.65. The molecule has 134 valence electrons. The Morgan fingerprint density at radius 2 is 1.88 bits per heavy atom. The first kappa shape index (κ1) is 17.0. The molecule has 2 heterocycles. The zero-order valence-corrected chi connectivity index (χ0v) is 16.0. The molecule has 0 unspecified atom stereocenters. The molecule has 0 atom stereocenters. The number of aromatic nitrogens is 2. The number of fused-ring (bicyclic) bond motifs is 1. The number of anilines is 1. The van der Waals surface area contributed by atoms with Gasteiger partial charge in [0.25, 0.3) is 0 Å². The first-order valence-electron chi connectivity index (χ1n) is 8.95. The number of nitrogens with zero attached hydrogens (tertiary/aromatic N) is 2. The van der Waals surface area contributed by atoms with Crippen LogP contribution in [0.1, 0.15) is 18.4 Å². The van der Waals surface area contributed by atoms with E-state index in [9.17, 15) is 0 Å². The van der Waals surface area contributed by atoms with Crippen molar-refractivity contribution in [1.29, 1.82) is 0 Å². The fourth-order valence-corrected chi connectivity index (χ4v) is 4.07. The average Bonchev–Trinajstić information content (AvgIpc) is 2.88. The van der Waals surface area contributed by atoms with Gasteiger partial charge in [-0.25, -0.2) is 4.68 Å². The standard InChI is InChI=1S/C21H23N3OS/c1-25-16-12-10-15(11-13-16)24-21-18(8-5-6-14-22-21)20(23-24)17-7-3-4-9-19(17)26-2/h3-4,7,9-13,22H,5-6,8,14H2,1-2H3. The molecule has 0 fully saturated rings. The van der Waals surface area contributed by atoms with Crippen LogP contribution in [0.3, 0.4) is 0 Å². The van der Waals surface area contributed by atoms with Gasteiger partial charge in [0.2, 0.25) is 0 Å². The predicted octanol–water partition coefficient (Wildman–Crippen LogP) is 5.02. The van der Waals surface area contributed by atoms with Crippen LogP contribution < -0.4 is 10.1 Å². The molecule has 1 aliphatic heterocycles. The highest BCUT2D eigenvalue weighted by Gasteiger charge is 2.22. The molecule has 0 aliphatic carbocycles. The Morgan fingerprint density at radius 1 is 1.08 bits per heavy atom. The van der Waals surface area contributed by atoms with Crippen LogP contribution in [0.5, 0.6) is 5.75 Å². The summed E-state index contributed by atoms with van der Waals surface area (Å²) in [6.45, 7) is 0.985. The molecule has 3 aromatic rings. The second kappa shape index (κ2) is 7.46. The topological polar surface area (TPSA) is 39.1 Å². The third-order valence-electron chi connectivity index (χ3n) is 4.81. The van der Waals surface area contributed by atoms with E-state index < -0.39 is 0 Å². The zero-order valence-electron chi connectivity index (χ0n) is 15.2. The summed E-state index contributed by atoms with van der Waals surface area (Å²) in [7, 11) is 1.69. The third kappa shape index (κ3) is 3.07. The lowest BCUT2D eigenvalue weighted by atomic mass is 10.0. The van der Waals surface area contributed by atoms with Crippen molar-refractivity contribution in [2.45, 2.75) is 24.2 Å². The number of benzene rings is 2. The Balaban J connectivity index is 1.88. The van der Waals surface area contributed by atoms with E-state index in [0.717, 1.165) is 35.9 Å². The third-order valence-corrected chi connectivity index (χ3v) is 5.60. The Labute approximate surface area is 158 Å². The van der Waals surface area contributed by atoms with Crippen LogP contribution in [0.25, 0.3) is 16.9 Å². The summed E-state index contributed by atoms with van der Waals surface area (Å²) in [6.07, 6.45) is 5.54. The molecule has 0 amide bonds. The lowest BCUT2D eigenvalue weighted by molar-refractivity contribution is 0.414. The van der Waals surface area contributed by atoms with Gasteiger partial charge >= 0.3 is 0 Å². The number of hydrogen-bond donors (Lipinski definition) is 1. The first-order valence-corrected chi connectivity index (χ1v) is 10.2. The first-order chi connectivity index (χ1) is 12.8. The zero-order chi connectivity index (χ0) is 17.9. The summed E-state index contributed by atoms with van der Waals surface area (Å²) < 4.78 is 7.34. The maximum absolute atomic E-state index is 5.29. The molecule has 1 aromatic heterocycles. The van der Waals surface area contributed by atoms with E-state index in [1.54, 1.807) is 18.9 Å². The maximum atomic E-state index is 5.29. The van der Waals surface area contributed by atoms with E-state index in [2.05, 4.69) is 48.0 Å². The molecule has 5 heteroatoms. The monoisotopic (exact) mass is 365 g/mol. The van der Waals surface area contributed by atoms with Crippen molar-refractivity contribution in [3.63, 3.8) is 0 Å². The minimum absolute atomic E-state index is 0.855. The lowest BCUT2D eigenvalue weighted by Crippen LogP contribution is -2.07. The molecule has 1 N–H and O–H groups in total. The molecule has 0 saturated heterocycles. The predicted molar refractivity (Wildman–Crippen MR) is 109 cm³/mol. The second-order valence-electron chi connectivity index (χ2n) is 6.37. The molecule has 1 aliphatic rings. The van der Waals surface area contributed by atoms with Gasteiger partial charge < -0.3 is 10.1 Å². The average molecular weight is 366 g/mol. The summed E-state index contributed by atoms with van der Waals surface area (Å²) in [6, 6.07) is 16.6. The number of hydrogen-bond acceptors (Lipinski definition) is 4. The highest BCUT2D eigenvalue weighted by molar-refractivity contribution is 7.98. The molecule has 26 heavy (non-hydrogen) atoms. The van der Waals surface area contributed by atoms with Gasteiger partial charge in [-0.2, -0.15) is 5.10 Å². The van der Waals surface area contributed by atoms with Crippen LogP contribution in [0, 0.1) is 0 Å². The van der Waals surface area contributed by atoms with E-state index in [4.69, 9.17) is 9.84 Å². The van der Waals surface area contributed by atoms with Crippen LogP contribution in [0.4, 0.5) is 5.82 Å². The Bertz CT molecular complexity index is 902. The van der Waals surface area contributed by atoms with Gasteiger partial charge in [0.15, 0.2) is 0 Å². The second-order valence-corrected chi connectivity index (χ2v) is 7.22. The molecule has 0 bridgehead atoms. The van der Waals surface area contributed by atoms with E-state index in [1.165, 1.54) is 28.9 Å². The van der Waals surface area contributed by atoms with Gasteiger partial charge in [0, 0.05) is 22.6 Å². The fraction of sp³-hybridized carbons (Fsp3) is 0.286. The Kier molecular flexibility index (Phi) is 4.89. The van der Waals surface area contributed by atoms with Gasteiger partial charge in [0.1, 0.15) is 11.6 Å². The van der Waals surface area contributed by atoms with E-state index >= 15 is 0 Å². The van der Waals surface area contributed by atoms with E-state index in [-0.39, 0.29) is 0 Å². The molecule has 2 aromatic carbocycles. The largest absolute Gasteiger partial charge is 0.497 e. The van der Waals surface area contributed by atoms with Crippen molar-refractivity contribution >= 4 is 17.6 Å². The maximum Gasteiger partial charge on any atom is 0.133 e. The van der Waals surface area contributed by atoms with Gasteiger partial charge in [-0.3, -0.25) is 0 Å². The van der Waals surface area contributed by atoms with Gasteiger partial charge in [-0.15, -0.1) is 11.8 Å². The molecule has 0 radical (unpaired) electrons. The van der Waals surface area contributed by atoms with Crippen molar-refractivity contribution in [2.24, 2.45) is 0 Å². The summed E-state index contributed by atoms with van der Waals surface area (Å²) in [5.74, 6) is 1.98. The van der Waals surface area contributed by atoms with Crippen LogP contribution in [0.15, 0.2) is 53.4 Å². The van der Waals surface area contributed by atoms with Crippen molar-refractivity contribution in [2.75, 3.05) is 25.2 Å². The highest BCUT2D eigenvalue weighted by Crippen LogP contribution is 2.37. The molecular weight excluding hydrogens is 342 g/mol. The van der Waals surface area contributed by atoms with Gasteiger partial charge in [0.05, 0.1) is 18.5 Å². The minimum atomic E-state index is 0.855. The summed E-state index contributed by atoms with van der Waals surface area (Å²) >= 11 is 1.77. The van der Waals surface area contributed by atoms with Crippen molar-refractivity contribution < 1.29 is 4.74 Å². The van der Waals surface area contributed by atoms with Gasteiger partial charge in [-0.05, 0) is 55.9 Å². The summed E-state index contributed by atoms with van der Waals surface area (Å²) in [4.78, 5) is 1.26. The van der Waals surface area contributed by atoms with Crippen molar-refractivity contribution in [3.8, 4) is 22.7 Å². The number of ether oxygens (including phenoxy) is 1. The van der Waals surface area contributed by atoms with Crippen molar-refractivity contribution in [3.05, 3.63) is 54.1 Å².